The summed E-state index contributed by atoms with van der Waals surface area (Å²) in [5.41, 5.74) is 1.37. The molecule has 3 rings (SSSR count). The number of carboxylic acid groups (broad SMARTS) is 1. The van der Waals surface area contributed by atoms with Gasteiger partial charge in [-0.25, -0.2) is 9.78 Å². The van der Waals surface area contributed by atoms with Crippen LogP contribution >= 0.6 is 11.3 Å². The van der Waals surface area contributed by atoms with E-state index in [0.29, 0.717) is 5.69 Å². The second kappa shape index (κ2) is 5.34. The highest BCUT2D eigenvalue weighted by Gasteiger charge is 2.29. The summed E-state index contributed by atoms with van der Waals surface area (Å²) in [6.45, 7) is 2.03. The van der Waals surface area contributed by atoms with Crippen molar-refractivity contribution in [2.45, 2.75) is 32.0 Å². The van der Waals surface area contributed by atoms with Crippen LogP contribution in [0.2, 0.25) is 0 Å². The van der Waals surface area contributed by atoms with E-state index in [4.69, 9.17) is 4.74 Å². The van der Waals surface area contributed by atoms with Gasteiger partial charge in [-0.3, -0.25) is 0 Å². The Hall–Kier alpha value is -1.72. The van der Waals surface area contributed by atoms with Gasteiger partial charge in [-0.05, 0) is 19.8 Å². The van der Waals surface area contributed by atoms with E-state index in [2.05, 4.69) is 4.98 Å². The third-order valence-electron chi connectivity index (χ3n) is 3.39. The summed E-state index contributed by atoms with van der Waals surface area (Å²) in [5.74, 6) is -0.932. The first-order valence-corrected chi connectivity index (χ1v) is 7.41. The number of hydrogen-bond donors (Lipinski definition) is 1. The van der Waals surface area contributed by atoms with Gasteiger partial charge < -0.3 is 9.84 Å². The number of carbonyl (C=O) groups is 1. The SMILES string of the molecule is CC1CCC(c2nc(-c3ccccc3)c(C(=O)O)s2)O1. The number of thiazole rings is 1. The lowest BCUT2D eigenvalue weighted by molar-refractivity contribution is 0.0554. The average molecular weight is 289 g/mol. The van der Waals surface area contributed by atoms with Gasteiger partial charge in [0.15, 0.2) is 0 Å². The van der Waals surface area contributed by atoms with Crippen molar-refractivity contribution in [1.29, 1.82) is 0 Å². The van der Waals surface area contributed by atoms with Crippen LogP contribution in [0.15, 0.2) is 30.3 Å². The quantitative estimate of drug-likeness (QED) is 0.935. The van der Waals surface area contributed by atoms with Gasteiger partial charge >= 0.3 is 5.97 Å². The van der Waals surface area contributed by atoms with Gasteiger partial charge in [0, 0.05) is 5.56 Å². The van der Waals surface area contributed by atoms with Crippen LogP contribution in [0.4, 0.5) is 0 Å². The lowest BCUT2D eigenvalue weighted by Gasteiger charge is -2.06. The molecule has 2 heterocycles. The molecule has 5 heteroatoms. The molecule has 20 heavy (non-hydrogen) atoms. The third kappa shape index (κ3) is 2.46. The van der Waals surface area contributed by atoms with Crippen molar-refractivity contribution in [3.8, 4) is 11.3 Å². The summed E-state index contributed by atoms with van der Waals surface area (Å²) in [4.78, 5) is 16.2. The highest BCUT2D eigenvalue weighted by Crippen LogP contribution is 2.38. The van der Waals surface area contributed by atoms with Crippen LogP contribution in [-0.4, -0.2) is 22.2 Å². The molecule has 2 aromatic rings. The molecule has 2 atom stereocenters. The lowest BCUT2D eigenvalue weighted by Crippen LogP contribution is -2.00. The van der Waals surface area contributed by atoms with Crippen LogP contribution < -0.4 is 0 Å². The molecule has 0 saturated carbocycles. The molecule has 0 bridgehead atoms. The van der Waals surface area contributed by atoms with Crippen molar-refractivity contribution in [1.82, 2.24) is 4.98 Å². The van der Waals surface area contributed by atoms with Gasteiger partial charge in [0.05, 0.1) is 11.8 Å². The van der Waals surface area contributed by atoms with Crippen LogP contribution in [-0.2, 0) is 4.74 Å². The number of hydrogen-bond acceptors (Lipinski definition) is 4. The maximum atomic E-state index is 11.4. The zero-order valence-corrected chi connectivity index (χ0v) is 11.9. The molecule has 1 aromatic carbocycles. The minimum absolute atomic E-state index is 0.0643. The molecular formula is C15H15NO3S. The molecule has 0 radical (unpaired) electrons. The lowest BCUT2D eigenvalue weighted by atomic mass is 10.1. The number of carboxylic acids is 1. The van der Waals surface area contributed by atoms with Crippen molar-refractivity contribution in [3.63, 3.8) is 0 Å². The molecule has 1 aliphatic rings. The number of nitrogens with zero attached hydrogens (tertiary/aromatic N) is 1. The summed E-state index contributed by atoms with van der Waals surface area (Å²) in [5, 5.41) is 10.1. The molecule has 0 spiro atoms. The molecule has 0 aliphatic carbocycles. The van der Waals surface area contributed by atoms with E-state index in [1.807, 2.05) is 37.3 Å². The highest BCUT2D eigenvalue weighted by atomic mass is 32.1. The zero-order chi connectivity index (χ0) is 14.1. The Morgan fingerprint density at radius 2 is 2.10 bits per heavy atom. The summed E-state index contributed by atoms with van der Waals surface area (Å²) in [7, 11) is 0. The summed E-state index contributed by atoms with van der Waals surface area (Å²) >= 11 is 1.23. The Morgan fingerprint density at radius 1 is 1.35 bits per heavy atom. The monoisotopic (exact) mass is 289 g/mol. The maximum Gasteiger partial charge on any atom is 0.348 e. The number of aromatic carboxylic acids is 1. The van der Waals surface area contributed by atoms with E-state index in [1.54, 1.807) is 0 Å². The Bertz CT molecular complexity index is 623. The fraction of sp³-hybridized carbons (Fsp3) is 0.333. The van der Waals surface area contributed by atoms with Gasteiger partial charge in [-0.15, -0.1) is 11.3 Å². The van der Waals surface area contributed by atoms with Gasteiger partial charge in [-0.1, -0.05) is 30.3 Å². The molecular weight excluding hydrogens is 274 g/mol. The fourth-order valence-electron chi connectivity index (χ4n) is 2.40. The van der Waals surface area contributed by atoms with E-state index in [9.17, 15) is 9.90 Å². The molecule has 104 valence electrons. The first-order chi connectivity index (χ1) is 9.65. The Morgan fingerprint density at radius 3 is 2.70 bits per heavy atom. The van der Waals surface area contributed by atoms with E-state index in [0.717, 1.165) is 23.4 Å². The van der Waals surface area contributed by atoms with Crippen LogP contribution in [0.3, 0.4) is 0 Å². The van der Waals surface area contributed by atoms with E-state index in [1.165, 1.54) is 11.3 Å². The molecule has 2 unspecified atom stereocenters. The van der Waals surface area contributed by atoms with E-state index >= 15 is 0 Å². The van der Waals surface area contributed by atoms with Crippen molar-refractivity contribution >= 4 is 17.3 Å². The van der Waals surface area contributed by atoms with Crippen molar-refractivity contribution in [3.05, 3.63) is 40.2 Å². The number of aromatic nitrogens is 1. The number of benzene rings is 1. The van der Waals surface area contributed by atoms with Crippen LogP contribution in [0.5, 0.6) is 0 Å². The normalized spacial score (nSPS) is 22.1. The van der Waals surface area contributed by atoms with Gasteiger partial charge in [0.25, 0.3) is 0 Å². The predicted octanol–water partition coefficient (Wildman–Crippen LogP) is 3.75. The molecule has 1 aromatic heterocycles. The Labute approximate surface area is 121 Å². The van der Waals surface area contributed by atoms with Crippen LogP contribution in [0, 0.1) is 0 Å². The minimum atomic E-state index is -0.932. The van der Waals surface area contributed by atoms with E-state index in [-0.39, 0.29) is 17.1 Å². The maximum absolute atomic E-state index is 11.4. The highest BCUT2D eigenvalue weighted by molar-refractivity contribution is 7.14. The Kier molecular flexibility index (Phi) is 3.54. The largest absolute Gasteiger partial charge is 0.477 e. The number of ether oxygens (including phenoxy) is 1. The topological polar surface area (TPSA) is 59.4 Å². The van der Waals surface area contributed by atoms with Crippen molar-refractivity contribution in [2.75, 3.05) is 0 Å². The summed E-state index contributed by atoms with van der Waals surface area (Å²) < 4.78 is 5.79. The summed E-state index contributed by atoms with van der Waals surface area (Å²) in [6, 6.07) is 9.42. The van der Waals surface area contributed by atoms with Gasteiger partial charge in [0.1, 0.15) is 16.0 Å². The molecule has 1 aliphatic heterocycles. The number of rotatable bonds is 3. The predicted molar refractivity (Wildman–Crippen MR) is 77.0 cm³/mol. The van der Waals surface area contributed by atoms with Gasteiger partial charge in [-0.2, -0.15) is 0 Å². The smallest absolute Gasteiger partial charge is 0.348 e. The Balaban J connectivity index is 2.01. The third-order valence-corrected chi connectivity index (χ3v) is 4.53. The minimum Gasteiger partial charge on any atom is -0.477 e. The first kappa shape index (κ1) is 13.3. The molecule has 1 N–H and O–H groups in total. The molecule has 4 nitrogen and oxygen atoms in total. The second-order valence-electron chi connectivity index (χ2n) is 4.91. The molecule has 1 saturated heterocycles. The zero-order valence-electron chi connectivity index (χ0n) is 11.1. The average Bonchev–Trinajstić information content (AvgIpc) is 3.05. The van der Waals surface area contributed by atoms with Crippen LogP contribution in [0.1, 0.15) is 40.5 Å². The standard InChI is InChI=1S/C15H15NO3S/c1-9-7-8-11(19-9)14-16-12(13(20-14)15(17)18)10-5-3-2-4-6-10/h2-6,9,11H,7-8H2,1H3,(H,17,18). The van der Waals surface area contributed by atoms with E-state index < -0.39 is 5.97 Å². The molecule has 0 amide bonds. The second-order valence-corrected chi connectivity index (χ2v) is 5.94. The van der Waals surface area contributed by atoms with Crippen LogP contribution in [0.25, 0.3) is 11.3 Å². The van der Waals surface area contributed by atoms with Gasteiger partial charge in [0.2, 0.25) is 0 Å². The first-order valence-electron chi connectivity index (χ1n) is 6.60. The summed E-state index contributed by atoms with van der Waals surface area (Å²) in [6.07, 6.45) is 2.05. The molecule has 1 fully saturated rings. The van der Waals surface area contributed by atoms with Crippen molar-refractivity contribution < 1.29 is 14.6 Å². The fourth-order valence-corrected chi connectivity index (χ4v) is 3.39. The van der Waals surface area contributed by atoms with Crippen molar-refractivity contribution in [2.24, 2.45) is 0 Å².